The predicted molar refractivity (Wildman–Crippen MR) is 223 cm³/mol. The molecule has 1 N–H and O–H groups in total. The second-order valence-corrected chi connectivity index (χ2v) is 21.6. The van der Waals surface area contributed by atoms with E-state index in [1.165, 1.54) is 0 Å². The van der Waals surface area contributed by atoms with Crippen LogP contribution < -0.4 is 0 Å². The molecule has 0 aromatic rings. The second kappa shape index (κ2) is 24.6. The van der Waals surface area contributed by atoms with Crippen LogP contribution >= 0.6 is 0 Å². The average molecular weight is 703 g/mol. The summed E-state index contributed by atoms with van der Waals surface area (Å²) in [7, 11) is 4.04. The number of carbonyl (C=O) groups is 1. The number of nitrogens with zero attached hydrogens (tertiary/aromatic N) is 2. The molecular formula is C44H98N2O3. The molecule has 49 heavy (non-hydrogen) atoms. The molecule has 0 spiro atoms. The zero-order chi connectivity index (χ0) is 41.2. The van der Waals surface area contributed by atoms with Gasteiger partial charge in [0.15, 0.2) is 0 Å². The first-order valence-electron chi connectivity index (χ1n) is 19.4. The fraction of sp³-hybridized carbons (Fsp3) is 0.977. The molecule has 0 fully saturated rings. The Morgan fingerprint density at radius 1 is 0.551 bits per heavy atom. The van der Waals surface area contributed by atoms with Gasteiger partial charge in [-0.05, 0) is 101 Å². The largest absolute Gasteiger partial charge is 0.464 e. The smallest absolute Gasteiger partial charge is 0.308 e. The minimum absolute atomic E-state index is 0.0325. The molecule has 0 aliphatic carbocycles. The van der Waals surface area contributed by atoms with Gasteiger partial charge in [0, 0.05) is 24.2 Å². The minimum Gasteiger partial charge on any atom is -0.464 e. The molecule has 0 saturated heterocycles. The summed E-state index contributed by atoms with van der Waals surface area (Å²) in [6.07, 6.45) is 0. The number of β-amino-alcohol motifs (C(OH)–C–C–N with tert-alkyl or cyclic N) is 1. The lowest BCUT2D eigenvalue weighted by molar-refractivity contribution is -0.147. The van der Waals surface area contributed by atoms with Crippen molar-refractivity contribution in [1.82, 2.24) is 9.80 Å². The summed E-state index contributed by atoms with van der Waals surface area (Å²) in [5.74, 6) is 3.04. The fourth-order valence-electron chi connectivity index (χ4n) is 3.57. The van der Waals surface area contributed by atoms with Gasteiger partial charge in [0.2, 0.25) is 0 Å². The number of rotatable bonds is 7. The Labute approximate surface area is 312 Å². The monoisotopic (exact) mass is 703 g/mol. The van der Waals surface area contributed by atoms with Gasteiger partial charge in [0.1, 0.15) is 6.61 Å². The number of aliphatic hydroxyl groups is 1. The van der Waals surface area contributed by atoms with E-state index < -0.39 is 0 Å². The van der Waals surface area contributed by atoms with E-state index >= 15 is 0 Å². The molecule has 0 heterocycles. The van der Waals surface area contributed by atoms with Crippen LogP contribution in [0.5, 0.6) is 0 Å². The summed E-state index contributed by atoms with van der Waals surface area (Å²) in [5, 5.41) is 8.56. The number of hydrogen-bond donors (Lipinski definition) is 1. The van der Waals surface area contributed by atoms with Gasteiger partial charge in [-0.2, -0.15) is 0 Å². The second-order valence-electron chi connectivity index (χ2n) is 21.6. The Morgan fingerprint density at radius 3 is 0.980 bits per heavy atom. The highest BCUT2D eigenvalue weighted by molar-refractivity contribution is 5.71. The van der Waals surface area contributed by atoms with Crippen molar-refractivity contribution in [2.75, 3.05) is 40.4 Å². The zero-order valence-electron chi connectivity index (χ0n) is 39.4. The lowest BCUT2D eigenvalue weighted by atomic mass is 9.68. The van der Waals surface area contributed by atoms with Crippen LogP contribution in [0.1, 0.15) is 180 Å². The van der Waals surface area contributed by atoms with Crippen molar-refractivity contribution in [3.05, 3.63) is 0 Å². The molecule has 0 amide bonds. The topological polar surface area (TPSA) is 53.0 Å². The Hall–Kier alpha value is -0.650. The van der Waals surface area contributed by atoms with E-state index in [2.05, 4.69) is 176 Å². The van der Waals surface area contributed by atoms with E-state index in [0.29, 0.717) is 28.3 Å². The molecule has 1 atom stereocenters. The van der Waals surface area contributed by atoms with Crippen molar-refractivity contribution in [3.63, 3.8) is 0 Å². The van der Waals surface area contributed by atoms with Crippen LogP contribution in [0, 0.1) is 51.2 Å². The van der Waals surface area contributed by atoms with E-state index in [-0.39, 0.29) is 29.6 Å². The predicted octanol–water partition coefficient (Wildman–Crippen LogP) is 12.4. The quantitative estimate of drug-likeness (QED) is 0.268. The van der Waals surface area contributed by atoms with Crippen molar-refractivity contribution in [2.45, 2.75) is 191 Å². The van der Waals surface area contributed by atoms with Gasteiger partial charge in [-0.25, -0.2) is 0 Å². The van der Waals surface area contributed by atoms with Crippen molar-refractivity contribution in [2.24, 2.45) is 51.2 Å². The molecule has 0 aliphatic rings. The van der Waals surface area contributed by atoms with Gasteiger partial charge in [0.25, 0.3) is 0 Å². The first kappa shape index (κ1) is 57.7. The van der Waals surface area contributed by atoms with E-state index in [0.717, 1.165) is 36.8 Å². The van der Waals surface area contributed by atoms with Crippen LogP contribution in [0.2, 0.25) is 0 Å². The van der Waals surface area contributed by atoms with Gasteiger partial charge in [-0.3, -0.25) is 14.6 Å². The number of aliphatic hydroxyl groups excluding tert-OH is 1. The van der Waals surface area contributed by atoms with Gasteiger partial charge < -0.3 is 9.84 Å². The van der Waals surface area contributed by atoms with Gasteiger partial charge >= 0.3 is 5.97 Å². The van der Waals surface area contributed by atoms with Crippen LogP contribution in [0.4, 0.5) is 0 Å². The minimum atomic E-state index is -0.118. The maximum atomic E-state index is 11.1. The van der Waals surface area contributed by atoms with E-state index in [4.69, 9.17) is 9.84 Å². The van der Waals surface area contributed by atoms with Crippen LogP contribution in [0.15, 0.2) is 0 Å². The molecule has 5 heteroatoms. The normalized spacial score (nSPS) is 13.6. The van der Waals surface area contributed by atoms with Gasteiger partial charge in [-0.15, -0.1) is 0 Å². The molecule has 5 nitrogen and oxygen atoms in total. The fourth-order valence-corrected chi connectivity index (χ4v) is 3.57. The summed E-state index contributed by atoms with van der Waals surface area (Å²) in [5.41, 5.74) is 2.18. The van der Waals surface area contributed by atoms with E-state index in [1.807, 2.05) is 27.9 Å². The van der Waals surface area contributed by atoms with E-state index in [9.17, 15) is 4.79 Å². The number of hydrogen-bond acceptors (Lipinski definition) is 5. The number of carbonyl (C=O) groups excluding carboxylic acids is 1. The van der Waals surface area contributed by atoms with Crippen LogP contribution in [-0.2, 0) is 9.53 Å². The van der Waals surface area contributed by atoms with Crippen LogP contribution in [0.25, 0.3) is 0 Å². The third kappa shape index (κ3) is 35.5. The Bertz CT molecular complexity index is 775. The lowest BCUT2D eigenvalue weighted by Gasteiger charge is -2.38. The highest BCUT2D eigenvalue weighted by atomic mass is 16.5. The summed E-state index contributed by atoms with van der Waals surface area (Å²) >= 11 is 0. The molecule has 0 bridgehead atoms. The maximum Gasteiger partial charge on any atom is 0.308 e. The average Bonchev–Trinajstić information content (AvgIpc) is 2.85. The lowest BCUT2D eigenvalue weighted by Crippen LogP contribution is -2.40. The van der Waals surface area contributed by atoms with Crippen molar-refractivity contribution in [1.29, 1.82) is 0 Å². The summed E-state index contributed by atoms with van der Waals surface area (Å²) in [4.78, 5) is 15.4. The summed E-state index contributed by atoms with van der Waals surface area (Å²) in [6.45, 7) is 60.0. The Kier molecular flexibility index (Phi) is 28.9. The molecule has 0 saturated carbocycles. The molecule has 0 aromatic heterocycles. The molecule has 302 valence electrons. The third-order valence-electron chi connectivity index (χ3n) is 10.6. The number of likely N-dealkylation sites (N-methyl/N-ethyl adjacent to an activating group) is 2. The molecule has 0 radical (unpaired) electrons. The molecule has 0 aromatic carbocycles. The SMILES string of the molecule is CC(C(C)(C)C)C(C)(C)C.CC(C)C(=O)OCCN(C)C(C)(C)C.CC(C)C(C)(C)C.CC(C)C(C)C(C)(C)C.CN(CCO)C(C)(C)C. The molecule has 0 rings (SSSR count). The standard InChI is InChI=1S/C11H23NO2.C10H22.C9H20.C7H17NO.C7H16/c1-9(2)10(13)14-8-7-12(6)11(3,4)5;1-8(9(2,3)4)10(5,6)7;1-7(2)8(3)9(4,5)6;1-7(2,3)8(4)5-6-9;1-6(2)7(3,4)5/h9H,7-8H2,1-6H3;8H,1-7H3;7-8H,1-6H3;9H,5-6H2,1-4H3;6H,1-5H3. The number of ether oxygens (including phenoxy) is 1. The van der Waals surface area contributed by atoms with Crippen molar-refractivity contribution >= 4 is 5.97 Å². The first-order valence-corrected chi connectivity index (χ1v) is 19.4. The van der Waals surface area contributed by atoms with Gasteiger partial charge in [-0.1, -0.05) is 138 Å². The molecule has 0 aliphatic heterocycles. The third-order valence-corrected chi connectivity index (χ3v) is 10.6. The highest BCUT2D eigenvalue weighted by Gasteiger charge is 2.30. The van der Waals surface area contributed by atoms with Crippen LogP contribution in [0.3, 0.4) is 0 Å². The maximum absolute atomic E-state index is 11.1. The Balaban J connectivity index is -0.000000168. The first-order chi connectivity index (χ1) is 21.2. The summed E-state index contributed by atoms with van der Waals surface area (Å²) in [6, 6.07) is 0. The number of esters is 1. The van der Waals surface area contributed by atoms with Gasteiger partial charge in [0.05, 0.1) is 12.5 Å². The van der Waals surface area contributed by atoms with Crippen LogP contribution in [-0.4, -0.2) is 72.4 Å². The Morgan fingerprint density at radius 2 is 0.857 bits per heavy atom. The zero-order valence-corrected chi connectivity index (χ0v) is 39.4. The molecule has 1 unspecified atom stereocenters. The highest BCUT2D eigenvalue weighted by Crippen LogP contribution is 2.39. The molecular weight excluding hydrogens is 604 g/mol. The van der Waals surface area contributed by atoms with E-state index in [1.54, 1.807) is 0 Å². The summed E-state index contributed by atoms with van der Waals surface area (Å²) < 4.78 is 5.09. The van der Waals surface area contributed by atoms with Crippen molar-refractivity contribution < 1.29 is 14.6 Å². The van der Waals surface area contributed by atoms with Crippen molar-refractivity contribution in [3.8, 4) is 0 Å².